The molecule has 0 heterocycles. The van der Waals surface area contributed by atoms with Gasteiger partial charge in [-0.15, -0.1) is 0 Å². The van der Waals surface area contributed by atoms with Crippen molar-refractivity contribution < 1.29 is 14.6 Å². The Morgan fingerprint density at radius 1 is 1.30 bits per heavy atom. The van der Waals surface area contributed by atoms with Crippen LogP contribution in [0.3, 0.4) is 0 Å². The maximum atomic E-state index is 11.8. The maximum Gasteiger partial charge on any atom is 0.258 e. The van der Waals surface area contributed by atoms with Crippen LogP contribution < -0.4 is 10.1 Å². The van der Waals surface area contributed by atoms with Gasteiger partial charge >= 0.3 is 0 Å². The first-order chi connectivity index (χ1) is 9.31. The molecule has 0 aliphatic rings. The molecule has 1 aromatic carbocycles. The van der Waals surface area contributed by atoms with E-state index >= 15 is 0 Å². The van der Waals surface area contributed by atoms with Crippen LogP contribution in [0.5, 0.6) is 5.75 Å². The fourth-order valence-electron chi connectivity index (χ4n) is 1.72. The van der Waals surface area contributed by atoms with Gasteiger partial charge in [0, 0.05) is 11.6 Å². The van der Waals surface area contributed by atoms with E-state index in [0.717, 1.165) is 5.56 Å². The highest BCUT2D eigenvalue weighted by Crippen LogP contribution is 2.26. The highest BCUT2D eigenvalue weighted by Gasteiger charge is 2.13. The molecule has 2 unspecified atom stereocenters. The number of aliphatic hydroxyl groups is 1. The zero-order valence-corrected chi connectivity index (χ0v) is 12.9. The molecule has 0 radical (unpaired) electrons. The average molecular weight is 279 g/mol. The molecule has 0 spiro atoms. The second-order valence-electron chi connectivity index (χ2n) is 5.61. The Balaban J connectivity index is 2.65. The minimum Gasteiger partial charge on any atom is -0.483 e. The summed E-state index contributed by atoms with van der Waals surface area (Å²) < 4.78 is 5.55. The molecule has 1 rings (SSSR count). The number of hydrogen-bond acceptors (Lipinski definition) is 3. The Morgan fingerprint density at radius 2 is 1.95 bits per heavy atom. The lowest BCUT2D eigenvalue weighted by molar-refractivity contribution is -0.124. The Morgan fingerprint density at radius 3 is 2.50 bits per heavy atom. The predicted octanol–water partition coefficient (Wildman–Crippen LogP) is 2.59. The van der Waals surface area contributed by atoms with Gasteiger partial charge in [0.1, 0.15) is 5.75 Å². The normalized spacial score (nSPS) is 13.9. The van der Waals surface area contributed by atoms with Crippen LogP contribution in [0, 0.1) is 12.8 Å². The van der Waals surface area contributed by atoms with Crippen LogP contribution in [-0.2, 0) is 4.79 Å². The SMILES string of the molecule is Cc1ccc(C(C)O)c(OCC(=O)NC(C)C(C)C)c1. The summed E-state index contributed by atoms with van der Waals surface area (Å²) in [6.07, 6.45) is -0.622. The lowest BCUT2D eigenvalue weighted by Gasteiger charge is -2.18. The summed E-state index contributed by atoms with van der Waals surface area (Å²) in [4.78, 5) is 11.8. The largest absolute Gasteiger partial charge is 0.483 e. The number of aliphatic hydroxyl groups excluding tert-OH is 1. The fourth-order valence-corrected chi connectivity index (χ4v) is 1.72. The third kappa shape index (κ3) is 4.85. The van der Waals surface area contributed by atoms with Crippen LogP contribution in [0.15, 0.2) is 18.2 Å². The molecular weight excluding hydrogens is 254 g/mol. The zero-order valence-electron chi connectivity index (χ0n) is 12.9. The van der Waals surface area contributed by atoms with E-state index in [1.54, 1.807) is 6.92 Å². The van der Waals surface area contributed by atoms with E-state index in [2.05, 4.69) is 19.2 Å². The number of benzene rings is 1. The number of nitrogens with one attached hydrogen (secondary N) is 1. The lowest BCUT2D eigenvalue weighted by Crippen LogP contribution is -2.39. The van der Waals surface area contributed by atoms with Crippen molar-refractivity contribution in [2.24, 2.45) is 5.92 Å². The van der Waals surface area contributed by atoms with Gasteiger partial charge in [0.15, 0.2) is 6.61 Å². The van der Waals surface area contributed by atoms with E-state index in [9.17, 15) is 9.90 Å². The Bertz CT molecular complexity index is 455. The summed E-state index contributed by atoms with van der Waals surface area (Å²) in [6, 6.07) is 5.68. The summed E-state index contributed by atoms with van der Waals surface area (Å²) >= 11 is 0. The average Bonchev–Trinajstić information content (AvgIpc) is 2.35. The monoisotopic (exact) mass is 279 g/mol. The van der Waals surface area contributed by atoms with Gasteiger partial charge in [-0.25, -0.2) is 0 Å². The van der Waals surface area contributed by atoms with Crippen molar-refractivity contribution in [3.63, 3.8) is 0 Å². The molecule has 0 aliphatic carbocycles. The predicted molar refractivity (Wildman–Crippen MR) is 79.8 cm³/mol. The van der Waals surface area contributed by atoms with E-state index in [4.69, 9.17) is 4.74 Å². The van der Waals surface area contributed by atoms with Gasteiger partial charge in [-0.1, -0.05) is 26.0 Å². The van der Waals surface area contributed by atoms with Crippen LogP contribution in [0.1, 0.15) is 44.9 Å². The minimum absolute atomic E-state index is 0.0414. The van der Waals surface area contributed by atoms with Crippen LogP contribution in [0.25, 0.3) is 0 Å². The number of carbonyl (C=O) groups is 1. The van der Waals surface area contributed by atoms with Gasteiger partial charge in [-0.05, 0) is 38.3 Å². The van der Waals surface area contributed by atoms with Gasteiger partial charge < -0.3 is 15.2 Å². The topological polar surface area (TPSA) is 58.6 Å². The third-order valence-electron chi connectivity index (χ3n) is 3.37. The summed E-state index contributed by atoms with van der Waals surface area (Å²) in [7, 11) is 0. The first-order valence-electron chi connectivity index (χ1n) is 7.02. The van der Waals surface area contributed by atoms with Crippen molar-refractivity contribution in [2.75, 3.05) is 6.61 Å². The first kappa shape index (κ1) is 16.5. The molecule has 112 valence electrons. The highest BCUT2D eigenvalue weighted by molar-refractivity contribution is 5.77. The van der Waals surface area contributed by atoms with Crippen molar-refractivity contribution >= 4 is 5.91 Å². The standard InChI is InChI=1S/C16H25NO3/c1-10(2)12(4)17-16(19)9-20-15-8-11(3)6-7-14(15)13(5)18/h6-8,10,12-13,18H,9H2,1-5H3,(H,17,19). The smallest absolute Gasteiger partial charge is 0.258 e. The number of hydrogen-bond donors (Lipinski definition) is 2. The van der Waals surface area contributed by atoms with E-state index in [0.29, 0.717) is 17.2 Å². The Kier molecular flexibility index (Phi) is 6.02. The van der Waals surface area contributed by atoms with Crippen LogP contribution in [-0.4, -0.2) is 23.7 Å². The van der Waals surface area contributed by atoms with Crippen molar-refractivity contribution in [2.45, 2.75) is 46.8 Å². The fraction of sp³-hybridized carbons (Fsp3) is 0.562. The summed E-state index contributed by atoms with van der Waals surface area (Å²) in [5, 5.41) is 12.6. The number of rotatable bonds is 6. The second-order valence-corrected chi connectivity index (χ2v) is 5.61. The molecule has 0 aliphatic heterocycles. The molecule has 1 amide bonds. The molecular formula is C16H25NO3. The number of aryl methyl sites for hydroxylation is 1. The van der Waals surface area contributed by atoms with Crippen molar-refractivity contribution in [1.29, 1.82) is 0 Å². The Labute approximate surface area is 121 Å². The molecule has 0 bridgehead atoms. The third-order valence-corrected chi connectivity index (χ3v) is 3.37. The van der Waals surface area contributed by atoms with E-state index < -0.39 is 6.10 Å². The van der Waals surface area contributed by atoms with Gasteiger partial charge in [0.25, 0.3) is 5.91 Å². The molecule has 4 heteroatoms. The van der Waals surface area contributed by atoms with Gasteiger partial charge in [-0.2, -0.15) is 0 Å². The van der Waals surface area contributed by atoms with Crippen molar-refractivity contribution in [1.82, 2.24) is 5.32 Å². The van der Waals surface area contributed by atoms with Crippen LogP contribution >= 0.6 is 0 Å². The van der Waals surface area contributed by atoms with E-state index in [-0.39, 0.29) is 18.6 Å². The van der Waals surface area contributed by atoms with Crippen LogP contribution in [0.2, 0.25) is 0 Å². The summed E-state index contributed by atoms with van der Waals surface area (Å²) in [5.74, 6) is 0.794. The molecule has 0 saturated heterocycles. The Hall–Kier alpha value is -1.55. The minimum atomic E-state index is -0.622. The van der Waals surface area contributed by atoms with Gasteiger partial charge in [0.2, 0.25) is 0 Å². The molecule has 2 atom stereocenters. The van der Waals surface area contributed by atoms with Crippen molar-refractivity contribution in [3.8, 4) is 5.75 Å². The van der Waals surface area contributed by atoms with Crippen molar-refractivity contribution in [3.05, 3.63) is 29.3 Å². The second kappa shape index (κ2) is 7.29. The molecule has 20 heavy (non-hydrogen) atoms. The summed E-state index contributed by atoms with van der Waals surface area (Å²) in [6.45, 7) is 9.66. The van der Waals surface area contributed by atoms with E-state index in [1.165, 1.54) is 0 Å². The first-order valence-corrected chi connectivity index (χ1v) is 7.02. The molecule has 4 nitrogen and oxygen atoms in total. The molecule has 0 saturated carbocycles. The number of ether oxygens (including phenoxy) is 1. The molecule has 1 aromatic rings. The molecule has 0 aromatic heterocycles. The quantitative estimate of drug-likeness (QED) is 0.841. The van der Waals surface area contributed by atoms with Gasteiger partial charge in [0.05, 0.1) is 6.10 Å². The summed E-state index contributed by atoms with van der Waals surface area (Å²) in [5.41, 5.74) is 1.72. The van der Waals surface area contributed by atoms with Crippen LogP contribution in [0.4, 0.5) is 0 Å². The highest BCUT2D eigenvalue weighted by atomic mass is 16.5. The molecule has 0 fully saturated rings. The number of carbonyl (C=O) groups excluding carboxylic acids is 1. The van der Waals surface area contributed by atoms with E-state index in [1.807, 2.05) is 32.0 Å². The lowest BCUT2D eigenvalue weighted by atomic mass is 10.1. The maximum absolute atomic E-state index is 11.8. The number of amides is 1. The molecule has 2 N–H and O–H groups in total. The van der Waals surface area contributed by atoms with Gasteiger partial charge in [-0.3, -0.25) is 4.79 Å². The zero-order chi connectivity index (χ0) is 15.3.